The number of carbonyl (C=O) groups excluding carboxylic acids is 1. The zero-order chi connectivity index (χ0) is 12.3. The SMILES string of the molecule is O=C(NCc1cnc[nH]1)c1ccc(Cl)c(Br)c1. The van der Waals surface area contributed by atoms with E-state index in [-0.39, 0.29) is 5.91 Å². The number of imidazole rings is 1. The molecule has 0 saturated carbocycles. The van der Waals surface area contributed by atoms with Crippen LogP contribution in [-0.4, -0.2) is 15.9 Å². The van der Waals surface area contributed by atoms with E-state index in [2.05, 4.69) is 31.2 Å². The van der Waals surface area contributed by atoms with Crippen LogP contribution in [0.5, 0.6) is 0 Å². The minimum atomic E-state index is -0.156. The van der Waals surface area contributed by atoms with Gasteiger partial charge in [-0.15, -0.1) is 0 Å². The third-order valence-corrected chi connectivity index (χ3v) is 3.39. The highest BCUT2D eigenvalue weighted by molar-refractivity contribution is 9.10. The molecule has 1 heterocycles. The second-order valence-electron chi connectivity index (χ2n) is 3.39. The average molecular weight is 315 g/mol. The van der Waals surface area contributed by atoms with Gasteiger partial charge in [0.15, 0.2) is 0 Å². The van der Waals surface area contributed by atoms with Crippen molar-refractivity contribution < 1.29 is 4.79 Å². The lowest BCUT2D eigenvalue weighted by Gasteiger charge is -2.04. The van der Waals surface area contributed by atoms with Gasteiger partial charge in [0.1, 0.15) is 0 Å². The molecule has 0 bridgehead atoms. The lowest BCUT2D eigenvalue weighted by molar-refractivity contribution is 0.0950. The number of aromatic nitrogens is 2. The van der Waals surface area contributed by atoms with Crippen LogP contribution in [0.4, 0.5) is 0 Å². The van der Waals surface area contributed by atoms with E-state index in [1.54, 1.807) is 30.7 Å². The first-order valence-corrected chi connectivity index (χ1v) is 6.04. The quantitative estimate of drug-likeness (QED) is 0.915. The summed E-state index contributed by atoms with van der Waals surface area (Å²) < 4.78 is 0.702. The van der Waals surface area contributed by atoms with Crippen LogP contribution in [0.15, 0.2) is 35.2 Å². The zero-order valence-electron chi connectivity index (χ0n) is 8.71. The van der Waals surface area contributed by atoms with E-state index in [9.17, 15) is 4.79 Å². The van der Waals surface area contributed by atoms with Gasteiger partial charge in [0.25, 0.3) is 5.91 Å². The van der Waals surface area contributed by atoms with Crippen molar-refractivity contribution in [1.29, 1.82) is 0 Å². The third-order valence-electron chi connectivity index (χ3n) is 2.18. The maximum Gasteiger partial charge on any atom is 0.251 e. The predicted molar refractivity (Wildman–Crippen MR) is 68.9 cm³/mol. The van der Waals surface area contributed by atoms with Crippen molar-refractivity contribution in [2.24, 2.45) is 0 Å². The molecule has 1 aromatic heterocycles. The van der Waals surface area contributed by atoms with Crippen LogP contribution in [0.3, 0.4) is 0 Å². The highest BCUT2D eigenvalue weighted by Gasteiger charge is 2.07. The molecule has 0 unspecified atom stereocenters. The number of halogens is 2. The molecule has 1 amide bonds. The molecule has 0 fully saturated rings. The maximum absolute atomic E-state index is 11.8. The van der Waals surface area contributed by atoms with Crippen molar-refractivity contribution in [3.8, 4) is 0 Å². The lowest BCUT2D eigenvalue weighted by Crippen LogP contribution is -2.22. The fourth-order valence-corrected chi connectivity index (χ4v) is 1.79. The molecule has 6 heteroatoms. The molecular weight excluding hydrogens is 305 g/mol. The number of amides is 1. The Kier molecular flexibility index (Phi) is 3.81. The summed E-state index contributed by atoms with van der Waals surface area (Å²) in [5.41, 5.74) is 1.41. The number of hydrogen-bond acceptors (Lipinski definition) is 2. The molecule has 17 heavy (non-hydrogen) atoms. The third kappa shape index (κ3) is 3.08. The van der Waals surface area contributed by atoms with Gasteiger partial charge in [-0.05, 0) is 34.1 Å². The molecular formula is C11H9BrClN3O. The Morgan fingerprint density at radius 2 is 2.35 bits per heavy atom. The summed E-state index contributed by atoms with van der Waals surface area (Å²) in [6.45, 7) is 0.416. The van der Waals surface area contributed by atoms with Crippen molar-refractivity contribution in [2.75, 3.05) is 0 Å². The van der Waals surface area contributed by atoms with E-state index >= 15 is 0 Å². The van der Waals surface area contributed by atoms with Crippen LogP contribution in [0.2, 0.25) is 5.02 Å². The van der Waals surface area contributed by atoms with Crippen molar-refractivity contribution in [3.05, 3.63) is 51.5 Å². The van der Waals surface area contributed by atoms with Crippen LogP contribution in [-0.2, 0) is 6.54 Å². The van der Waals surface area contributed by atoms with Gasteiger partial charge in [0, 0.05) is 16.2 Å². The molecule has 2 rings (SSSR count). The topological polar surface area (TPSA) is 57.8 Å². The van der Waals surface area contributed by atoms with E-state index in [1.807, 2.05) is 0 Å². The predicted octanol–water partition coefficient (Wildman–Crippen LogP) is 2.76. The number of benzene rings is 1. The number of H-pyrrole nitrogens is 1. The highest BCUT2D eigenvalue weighted by Crippen LogP contribution is 2.23. The summed E-state index contributed by atoms with van der Waals surface area (Å²) in [5.74, 6) is -0.156. The van der Waals surface area contributed by atoms with E-state index in [4.69, 9.17) is 11.6 Å². The fourth-order valence-electron chi connectivity index (χ4n) is 1.30. The number of hydrogen-bond donors (Lipinski definition) is 2. The molecule has 0 saturated heterocycles. The minimum Gasteiger partial charge on any atom is -0.347 e. The largest absolute Gasteiger partial charge is 0.347 e. The number of nitrogens with zero attached hydrogens (tertiary/aromatic N) is 1. The molecule has 0 aliphatic heterocycles. The number of rotatable bonds is 3. The molecule has 4 nitrogen and oxygen atoms in total. The molecule has 88 valence electrons. The Morgan fingerprint density at radius 3 is 3.00 bits per heavy atom. The van der Waals surface area contributed by atoms with Crippen LogP contribution >= 0.6 is 27.5 Å². The Labute approximate surface area is 112 Å². The van der Waals surface area contributed by atoms with Crippen molar-refractivity contribution in [1.82, 2.24) is 15.3 Å². The summed E-state index contributed by atoms with van der Waals surface area (Å²) in [7, 11) is 0. The van der Waals surface area contributed by atoms with Gasteiger partial charge < -0.3 is 10.3 Å². The highest BCUT2D eigenvalue weighted by atomic mass is 79.9. The van der Waals surface area contributed by atoms with Gasteiger partial charge >= 0.3 is 0 Å². The van der Waals surface area contributed by atoms with Crippen molar-refractivity contribution in [2.45, 2.75) is 6.54 Å². The van der Waals surface area contributed by atoms with Gasteiger partial charge in [0.2, 0.25) is 0 Å². The van der Waals surface area contributed by atoms with Crippen LogP contribution in [0.1, 0.15) is 16.1 Å². The summed E-state index contributed by atoms with van der Waals surface area (Å²) >= 11 is 9.13. The van der Waals surface area contributed by atoms with E-state index in [0.717, 1.165) is 5.69 Å². The Hall–Kier alpha value is -1.33. The molecule has 2 aromatic rings. The summed E-state index contributed by atoms with van der Waals surface area (Å²) in [5, 5.41) is 3.35. The smallest absolute Gasteiger partial charge is 0.251 e. The summed E-state index contributed by atoms with van der Waals surface area (Å²) in [4.78, 5) is 18.6. The molecule has 0 spiro atoms. The molecule has 0 radical (unpaired) electrons. The first kappa shape index (κ1) is 12.1. The minimum absolute atomic E-state index is 0.156. The monoisotopic (exact) mass is 313 g/mol. The standard InChI is InChI=1S/C11H9BrClN3O/c12-9-3-7(1-2-10(9)13)11(17)15-5-8-4-14-6-16-8/h1-4,6H,5H2,(H,14,16)(H,15,17). The average Bonchev–Trinajstić information content (AvgIpc) is 2.82. The first-order chi connectivity index (χ1) is 8.16. The van der Waals surface area contributed by atoms with Gasteiger partial charge in [0.05, 0.1) is 23.6 Å². The second kappa shape index (κ2) is 5.33. The second-order valence-corrected chi connectivity index (χ2v) is 4.65. The molecule has 2 N–H and O–H groups in total. The zero-order valence-corrected chi connectivity index (χ0v) is 11.0. The van der Waals surface area contributed by atoms with E-state index < -0.39 is 0 Å². The van der Waals surface area contributed by atoms with Crippen molar-refractivity contribution >= 4 is 33.4 Å². The lowest BCUT2D eigenvalue weighted by atomic mass is 10.2. The number of carbonyl (C=O) groups is 1. The number of nitrogens with one attached hydrogen (secondary N) is 2. The summed E-state index contributed by atoms with van der Waals surface area (Å²) in [6.07, 6.45) is 3.23. The summed E-state index contributed by atoms with van der Waals surface area (Å²) in [6, 6.07) is 5.04. The maximum atomic E-state index is 11.8. The van der Waals surface area contributed by atoms with Gasteiger partial charge in [-0.2, -0.15) is 0 Å². The van der Waals surface area contributed by atoms with Crippen LogP contribution in [0.25, 0.3) is 0 Å². The van der Waals surface area contributed by atoms with Crippen LogP contribution in [0, 0.1) is 0 Å². The fraction of sp³-hybridized carbons (Fsp3) is 0.0909. The Balaban J connectivity index is 2.02. The Bertz CT molecular complexity index is 528. The number of aromatic amines is 1. The van der Waals surface area contributed by atoms with Gasteiger partial charge in [-0.1, -0.05) is 11.6 Å². The van der Waals surface area contributed by atoms with E-state index in [0.29, 0.717) is 21.6 Å². The molecule has 0 atom stereocenters. The van der Waals surface area contributed by atoms with Crippen molar-refractivity contribution in [3.63, 3.8) is 0 Å². The normalized spacial score (nSPS) is 10.2. The van der Waals surface area contributed by atoms with Crippen LogP contribution < -0.4 is 5.32 Å². The first-order valence-electron chi connectivity index (χ1n) is 4.87. The molecule has 1 aromatic carbocycles. The molecule has 0 aliphatic rings. The van der Waals surface area contributed by atoms with Gasteiger partial charge in [-0.3, -0.25) is 4.79 Å². The molecule has 0 aliphatic carbocycles. The van der Waals surface area contributed by atoms with Gasteiger partial charge in [-0.25, -0.2) is 4.98 Å². The Morgan fingerprint density at radius 1 is 1.53 bits per heavy atom. The van der Waals surface area contributed by atoms with E-state index in [1.165, 1.54) is 0 Å².